The summed E-state index contributed by atoms with van der Waals surface area (Å²) in [4.78, 5) is 9.00. The van der Waals surface area contributed by atoms with Gasteiger partial charge < -0.3 is 5.11 Å². The zero-order chi connectivity index (χ0) is 14.9. The van der Waals surface area contributed by atoms with E-state index >= 15 is 0 Å². The predicted molar refractivity (Wildman–Crippen MR) is 56.8 cm³/mol. The Morgan fingerprint density at radius 2 is 1.61 bits per heavy atom. The second-order valence-electron chi connectivity index (χ2n) is 3.28. The molecule has 0 unspecified atom stereocenters. The first-order valence-electron chi connectivity index (χ1n) is 4.59. The molecule has 18 heavy (non-hydrogen) atoms. The summed E-state index contributed by atoms with van der Waals surface area (Å²) in [6, 6.07) is 6.64. The molecule has 2 N–H and O–H groups in total. The average Bonchev–Trinajstić information content (AvgIpc) is 2.08. The zero-order valence-corrected chi connectivity index (χ0v) is 15.5. The van der Waals surface area contributed by atoms with Crippen LogP contribution in [0.1, 0.15) is 18.1 Å². The van der Waals surface area contributed by atoms with Crippen molar-refractivity contribution >= 4 is 34.9 Å². The summed E-state index contributed by atoms with van der Waals surface area (Å²) in [7, 11) is -4.69. The van der Waals surface area contributed by atoms with Gasteiger partial charge in [-0.05, 0) is 0 Å². The Morgan fingerprint density at radius 1 is 1.28 bits per heavy atom. The molecular formula is C10H14ClO6Tl. The number of benzene rings is 1. The van der Waals surface area contributed by atoms with Gasteiger partial charge in [0.25, 0.3) is 5.97 Å². The van der Waals surface area contributed by atoms with Crippen LogP contribution in [-0.2, 0) is 4.79 Å². The van der Waals surface area contributed by atoms with E-state index in [2.05, 4.69) is 32.0 Å². The van der Waals surface area contributed by atoms with Gasteiger partial charge in [0, 0.05) is 6.92 Å². The number of aliphatic carboxylic acids is 1. The van der Waals surface area contributed by atoms with Gasteiger partial charge in [-0.1, -0.05) is 0 Å². The Bertz CT molecular complexity index is 367. The third-order valence-electron chi connectivity index (χ3n) is 1.43. The van der Waals surface area contributed by atoms with E-state index < -0.39 is 16.2 Å². The third-order valence-corrected chi connectivity index (χ3v) is 3.85. The summed E-state index contributed by atoms with van der Waals surface area (Å²) in [5.41, 5.74) is 2.84. The third kappa shape index (κ3) is 21.1. The van der Waals surface area contributed by atoms with Crippen molar-refractivity contribution in [3.63, 3.8) is 0 Å². The molecule has 1 aromatic rings. The van der Waals surface area contributed by atoms with E-state index in [1.54, 1.807) is 3.12 Å². The summed E-state index contributed by atoms with van der Waals surface area (Å²) >= 11 is 0.981. The first-order chi connectivity index (χ1) is 7.93. The van der Waals surface area contributed by atoms with E-state index in [1.807, 2.05) is 0 Å². The molecule has 6 nitrogen and oxygen atoms in total. The van der Waals surface area contributed by atoms with Gasteiger partial charge in [-0.3, -0.25) is 4.79 Å². The molecule has 0 aliphatic rings. The topological polar surface area (TPSA) is 127 Å². The molecule has 0 amide bonds. The Kier molecular flexibility index (Phi) is 10.8. The molecular weight excluding hydrogens is 456 g/mol. The maximum atomic E-state index is 9.00. The maximum absolute atomic E-state index is 9.00. The van der Waals surface area contributed by atoms with Crippen molar-refractivity contribution in [3.8, 4) is 0 Å². The van der Waals surface area contributed by atoms with Crippen LogP contribution in [0.4, 0.5) is 0 Å². The predicted octanol–water partition coefficient (Wildman–Crippen LogP) is -2.94. The smallest absolute Gasteiger partial charge is 0.0777 e. The second kappa shape index (κ2) is 9.64. The van der Waals surface area contributed by atoms with Gasteiger partial charge in [0.1, 0.15) is 0 Å². The van der Waals surface area contributed by atoms with Crippen LogP contribution < -0.4 is 17.1 Å². The van der Waals surface area contributed by atoms with E-state index in [9.17, 15) is 0 Å². The van der Waals surface area contributed by atoms with Gasteiger partial charge in [-0.15, -0.1) is 0 Å². The minimum atomic E-state index is -4.69. The normalized spacial score (nSPS) is 9.44. The molecule has 0 fully saturated rings. The first kappa shape index (κ1) is 20.1. The zero-order valence-electron chi connectivity index (χ0n) is 10.2. The van der Waals surface area contributed by atoms with Crippen LogP contribution in [0.2, 0.25) is 0 Å². The van der Waals surface area contributed by atoms with Crippen molar-refractivity contribution in [2.75, 3.05) is 0 Å². The number of hydrogen-bond acceptors (Lipinski definition) is 5. The Labute approximate surface area is 123 Å². The summed E-state index contributed by atoms with van der Waals surface area (Å²) in [6.07, 6.45) is 0. The number of carboxylic acid groups (broad SMARTS) is 1. The molecule has 0 spiro atoms. The van der Waals surface area contributed by atoms with Crippen molar-refractivity contribution in [3.05, 3.63) is 29.3 Å². The van der Waals surface area contributed by atoms with Crippen LogP contribution >= 0.6 is 0 Å². The fourth-order valence-corrected chi connectivity index (χ4v) is 2.16. The molecule has 0 radical (unpaired) electrons. The van der Waals surface area contributed by atoms with Crippen molar-refractivity contribution in [2.45, 2.75) is 20.8 Å². The molecule has 0 saturated carbocycles. The van der Waals surface area contributed by atoms with Gasteiger partial charge in [0.2, 0.25) is 0 Å². The molecule has 100 valence electrons. The average molecular weight is 470 g/mol. The van der Waals surface area contributed by atoms with Crippen LogP contribution in [0.3, 0.4) is 0 Å². The van der Waals surface area contributed by atoms with Gasteiger partial charge in [-0.25, -0.2) is 0 Å². The molecule has 0 aromatic heterocycles. The molecule has 8 heteroatoms. The summed E-state index contributed by atoms with van der Waals surface area (Å²) < 4.78 is 34.3. The monoisotopic (exact) mass is 470 g/mol. The quantitative estimate of drug-likeness (QED) is 0.391. The number of carboxylic acids is 1. The maximum Gasteiger partial charge on any atom is 0.0777 e. The van der Waals surface area contributed by atoms with E-state index in [0.29, 0.717) is 0 Å². The largest absolute Gasteiger partial charge is 0.183 e. The number of rotatable bonds is 0. The van der Waals surface area contributed by atoms with Gasteiger partial charge in [0.15, 0.2) is 0 Å². The van der Waals surface area contributed by atoms with Gasteiger partial charge >= 0.3 is 72.1 Å². The molecule has 1 rings (SSSR count). The summed E-state index contributed by atoms with van der Waals surface area (Å²) in [5, 5.41) is 7.42. The minimum absolute atomic E-state index is 0.833. The Morgan fingerprint density at radius 3 is 1.83 bits per heavy atom. The SMILES string of the molecule is CC(=O)O.Cc1ccc(C)[c]([Tl])c1.[O-][Cl+3]([O-])([O-])O. The van der Waals surface area contributed by atoms with E-state index in [4.69, 9.17) is 28.5 Å². The number of hydrogen-bond donors (Lipinski definition) is 2. The Balaban J connectivity index is 0. The number of aryl methyl sites for hydroxylation is 2. The summed E-state index contributed by atoms with van der Waals surface area (Å²) in [6.45, 7) is 5.40. The van der Waals surface area contributed by atoms with E-state index in [0.717, 1.165) is 32.7 Å². The minimum Gasteiger partial charge on any atom is -0.183 e. The fourth-order valence-electron chi connectivity index (χ4n) is 0.760. The van der Waals surface area contributed by atoms with Crippen LogP contribution in [-0.4, -0.2) is 41.5 Å². The second-order valence-corrected chi connectivity index (χ2v) is 6.49. The standard InChI is InChI=1S/C8H9.C2H4O2.ClHO4.Tl/c1-7-3-5-8(2)6-4-7;1-2(3)4;2-1(3,4)5;/h3-5H,1-2H3;1H3,(H,3,4);(H,2,3,4,5);. The number of carbonyl (C=O) groups is 1. The first-order valence-corrected chi connectivity index (χ1v) is 8.09. The molecule has 0 aliphatic heterocycles. The van der Waals surface area contributed by atoms with Crippen LogP contribution in [0, 0.1) is 24.1 Å². The summed E-state index contributed by atoms with van der Waals surface area (Å²) in [5.74, 6) is -0.833. The number of halogens is 1. The van der Waals surface area contributed by atoms with Crippen LogP contribution in [0.15, 0.2) is 18.2 Å². The van der Waals surface area contributed by atoms with Crippen LogP contribution in [0.25, 0.3) is 0 Å². The fraction of sp³-hybridized carbons (Fsp3) is 0.300. The van der Waals surface area contributed by atoms with Gasteiger partial charge in [0.05, 0.1) is 14.9 Å². The molecule has 0 atom stereocenters. The van der Waals surface area contributed by atoms with Gasteiger partial charge in [-0.2, -0.15) is 14.0 Å². The van der Waals surface area contributed by atoms with E-state index in [-0.39, 0.29) is 0 Å². The molecule has 1 aromatic carbocycles. The molecule has 0 aliphatic carbocycles. The Hall–Kier alpha value is -0.258. The van der Waals surface area contributed by atoms with Crippen molar-refractivity contribution in [2.24, 2.45) is 0 Å². The molecule has 0 saturated heterocycles. The molecule has 0 heterocycles. The van der Waals surface area contributed by atoms with Crippen LogP contribution in [0.5, 0.6) is 0 Å². The van der Waals surface area contributed by atoms with E-state index in [1.165, 1.54) is 11.1 Å². The van der Waals surface area contributed by atoms with Crippen molar-refractivity contribution in [1.29, 1.82) is 0 Å². The van der Waals surface area contributed by atoms with Crippen molar-refractivity contribution in [1.82, 2.24) is 0 Å². The molecule has 0 bridgehead atoms. The van der Waals surface area contributed by atoms with Crippen molar-refractivity contribution < 1.29 is 38.8 Å².